The Kier molecular flexibility index (Phi) is 9.06. The molecular formula is C13H29N3. The molecule has 1 N–H and O–H groups in total. The summed E-state index contributed by atoms with van der Waals surface area (Å²) in [5, 5.41) is 3.47. The van der Waals surface area contributed by atoms with E-state index in [9.17, 15) is 0 Å². The lowest BCUT2D eigenvalue weighted by Crippen LogP contribution is -2.41. The van der Waals surface area contributed by atoms with Gasteiger partial charge in [-0.3, -0.25) is 4.99 Å². The summed E-state index contributed by atoms with van der Waals surface area (Å²) in [6, 6.07) is 0.518. The maximum Gasteiger partial charge on any atom is 0.193 e. The second-order valence-corrected chi connectivity index (χ2v) is 4.59. The highest BCUT2D eigenvalue weighted by molar-refractivity contribution is 5.79. The van der Waals surface area contributed by atoms with Crippen LogP contribution in [-0.2, 0) is 0 Å². The third kappa shape index (κ3) is 7.55. The summed E-state index contributed by atoms with van der Waals surface area (Å²) in [7, 11) is 4.07. The lowest BCUT2D eigenvalue weighted by atomic mass is 10.1. The van der Waals surface area contributed by atoms with E-state index in [2.05, 4.69) is 31.1 Å². The number of hydrogen-bond donors (Lipinski definition) is 1. The van der Waals surface area contributed by atoms with Crippen LogP contribution in [0.2, 0.25) is 0 Å². The van der Waals surface area contributed by atoms with Crippen LogP contribution in [0.15, 0.2) is 4.99 Å². The number of aliphatic imine (C=N–C) groups is 1. The fourth-order valence-electron chi connectivity index (χ4n) is 1.64. The standard InChI is InChI=1S/C13H29N3/c1-6-8-9-10-11-12(3)15-13(14-7-2)16(4)5/h12H,6-11H2,1-5H3,(H,14,15). The summed E-state index contributed by atoms with van der Waals surface area (Å²) in [6.07, 6.45) is 6.56. The van der Waals surface area contributed by atoms with E-state index in [1.807, 2.05) is 19.0 Å². The molecule has 0 bridgehead atoms. The smallest absolute Gasteiger partial charge is 0.193 e. The van der Waals surface area contributed by atoms with Gasteiger partial charge in [0.25, 0.3) is 0 Å². The van der Waals surface area contributed by atoms with Gasteiger partial charge in [0.15, 0.2) is 5.96 Å². The third-order valence-corrected chi connectivity index (χ3v) is 2.60. The zero-order chi connectivity index (χ0) is 12.4. The Balaban J connectivity index is 3.82. The van der Waals surface area contributed by atoms with E-state index in [0.717, 1.165) is 12.5 Å². The topological polar surface area (TPSA) is 27.6 Å². The Morgan fingerprint density at radius 1 is 1.19 bits per heavy atom. The van der Waals surface area contributed by atoms with Crippen molar-refractivity contribution >= 4 is 5.96 Å². The summed E-state index contributed by atoms with van der Waals surface area (Å²) < 4.78 is 0. The highest BCUT2D eigenvalue weighted by Gasteiger charge is 2.06. The Hall–Kier alpha value is -0.730. The molecule has 0 aromatic carbocycles. The SMILES string of the molecule is CCCCCCC(C)NC(=NCC)N(C)C. The van der Waals surface area contributed by atoms with Crippen LogP contribution in [0.1, 0.15) is 52.9 Å². The highest BCUT2D eigenvalue weighted by Crippen LogP contribution is 2.05. The molecule has 0 aliphatic carbocycles. The van der Waals surface area contributed by atoms with Gasteiger partial charge in [-0.25, -0.2) is 0 Å². The van der Waals surface area contributed by atoms with Crippen molar-refractivity contribution < 1.29 is 0 Å². The molecule has 0 saturated carbocycles. The van der Waals surface area contributed by atoms with Gasteiger partial charge in [0, 0.05) is 26.7 Å². The molecule has 1 atom stereocenters. The summed E-state index contributed by atoms with van der Waals surface area (Å²) in [6.45, 7) is 7.39. The van der Waals surface area contributed by atoms with Gasteiger partial charge in [-0.1, -0.05) is 32.6 Å². The molecule has 1 unspecified atom stereocenters. The average Bonchev–Trinajstić information content (AvgIpc) is 2.23. The fourth-order valence-corrected chi connectivity index (χ4v) is 1.64. The van der Waals surface area contributed by atoms with Gasteiger partial charge in [-0.15, -0.1) is 0 Å². The first-order chi connectivity index (χ1) is 7.61. The Bertz CT molecular complexity index is 188. The second kappa shape index (κ2) is 9.49. The van der Waals surface area contributed by atoms with Crippen molar-refractivity contribution in [3.8, 4) is 0 Å². The molecule has 0 fully saturated rings. The van der Waals surface area contributed by atoms with Crippen LogP contribution in [0.3, 0.4) is 0 Å². The minimum absolute atomic E-state index is 0.518. The van der Waals surface area contributed by atoms with Crippen molar-refractivity contribution in [3.63, 3.8) is 0 Å². The van der Waals surface area contributed by atoms with Gasteiger partial charge in [0.2, 0.25) is 0 Å². The van der Waals surface area contributed by atoms with Crippen LogP contribution in [0.4, 0.5) is 0 Å². The number of guanidine groups is 1. The molecule has 16 heavy (non-hydrogen) atoms. The van der Waals surface area contributed by atoms with Gasteiger partial charge in [-0.05, 0) is 20.3 Å². The molecule has 96 valence electrons. The first kappa shape index (κ1) is 15.3. The first-order valence-corrected chi connectivity index (χ1v) is 6.60. The Morgan fingerprint density at radius 3 is 2.38 bits per heavy atom. The maximum absolute atomic E-state index is 4.44. The van der Waals surface area contributed by atoms with Crippen molar-refractivity contribution in [1.82, 2.24) is 10.2 Å². The number of rotatable bonds is 7. The van der Waals surface area contributed by atoms with Crippen LogP contribution in [-0.4, -0.2) is 37.5 Å². The molecule has 0 aromatic rings. The molecule has 0 amide bonds. The minimum Gasteiger partial charge on any atom is -0.354 e. The largest absolute Gasteiger partial charge is 0.354 e. The predicted octanol–water partition coefficient (Wildman–Crippen LogP) is 2.87. The lowest BCUT2D eigenvalue weighted by molar-refractivity contribution is 0.503. The maximum atomic E-state index is 4.44. The zero-order valence-electron chi connectivity index (χ0n) is 11.7. The van der Waals surface area contributed by atoms with E-state index >= 15 is 0 Å². The normalized spacial score (nSPS) is 13.7. The van der Waals surface area contributed by atoms with Gasteiger partial charge < -0.3 is 10.2 Å². The van der Waals surface area contributed by atoms with Crippen LogP contribution in [0, 0.1) is 0 Å². The van der Waals surface area contributed by atoms with E-state index in [1.165, 1.54) is 32.1 Å². The molecule has 0 rings (SSSR count). The minimum atomic E-state index is 0.518. The fraction of sp³-hybridized carbons (Fsp3) is 0.923. The van der Waals surface area contributed by atoms with Gasteiger partial charge >= 0.3 is 0 Å². The van der Waals surface area contributed by atoms with Gasteiger partial charge in [-0.2, -0.15) is 0 Å². The summed E-state index contributed by atoms with van der Waals surface area (Å²) in [5.74, 6) is 1.01. The molecule has 3 nitrogen and oxygen atoms in total. The van der Waals surface area contributed by atoms with E-state index < -0.39 is 0 Å². The van der Waals surface area contributed by atoms with Crippen LogP contribution < -0.4 is 5.32 Å². The second-order valence-electron chi connectivity index (χ2n) is 4.59. The summed E-state index contributed by atoms with van der Waals surface area (Å²) in [5.41, 5.74) is 0. The number of nitrogens with zero attached hydrogens (tertiary/aromatic N) is 2. The van der Waals surface area contributed by atoms with E-state index in [-0.39, 0.29) is 0 Å². The van der Waals surface area contributed by atoms with Crippen molar-refractivity contribution in [2.24, 2.45) is 4.99 Å². The quantitative estimate of drug-likeness (QED) is 0.411. The summed E-state index contributed by atoms with van der Waals surface area (Å²) in [4.78, 5) is 6.49. The summed E-state index contributed by atoms with van der Waals surface area (Å²) >= 11 is 0. The van der Waals surface area contributed by atoms with Crippen molar-refractivity contribution in [2.45, 2.75) is 58.9 Å². The van der Waals surface area contributed by atoms with Crippen LogP contribution in [0.25, 0.3) is 0 Å². The molecule has 0 aliphatic heterocycles. The van der Waals surface area contributed by atoms with Gasteiger partial charge in [0.1, 0.15) is 0 Å². The van der Waals surface area contributed by atoms with Crippen LogP contribution >= 0.6 is 0 Å². The molecule has 0 saturated heterocycles. The Labute approximate surface area is 101 Å². The molecular weight excluding hydrogens is 198 g/mol. The molecule has 3 heteroatoms. The Morgan fingerprint density at radius 2 is 1.88 bits per heavy atom. The highest BCUT2D eigenvalue weighted by atomic mass is 15.3. The number of unbranched alkanes of at least 4 members (excludes halogenated alkanes) is 3. The molecule has 0 spiro atoms. The molecule has 0 aromatic heterocycles. The zero-order valence-corrected chi connectivity index (χ0v) is 11.7. The number of hydrogen-bond acceptors (Lipinski definition) is 1. The molecule has 0 aliphatic rings. The van der Waals surface area contributed by atoms with Crippen molar-refractivity contribution in [1.29, 1.82) is 0 Å². The lowest BCUT2D eigenvalue weighted by Gasteiger charge is -2.22. The van der Waals surface area contributed by atoms with Gasteiger partial charge in [0.05, 0.1) is 0 Å². The third-order valence-electron chi connectivity index (χ3n) is 2.60. The molecule has 0 heterocycles. The average molecular weight is 227 g/mol. The number of nitrogens with one attached hydrogen (secondary N) is 1. The van der Waals surface area contributed by atoms with Crippen molar-refractivity contribution in [2.75, 3.05) is 20.6 Å². The van der Waals surface area contributed by atoms with E-state index in [1.54, 1.807) is 0 Å². The molecule has 0 radical (unpaired) electrons. The van der Waals surface area contributed by atoms with E-state index in [0.29, 0.717) is 6.04 Å². The van der Waals surface area contributed by atoms with Crippen LogP contribution in [0.5, 0.6) is 0 Å². The first-order valence-electron chi connectivity index (χ1n) is 6.60. The predicted molar refractivity (Wildman–Crippen MR) is 73.0 cm³/mol. The monoisotopic (exact) mass is 227 g/mol. The van der Waals surface area contributed by atoms with Crippen molar-refractivity contribution in [3.05, 3.63) is 0 Å². The van der Waals surface area contributed by atoms with E-state index in [4.69, 9.17) is 0 Å².